The number of nitrogens with zero attached hydrogens (tertiary/aromatic N) is 2. The Morgan fingerprint density at radius 1 is 1.50 bits per heavy atom. The van der Waals surface area contributed by atoms with E-state index >= 15 is 0 Å². The summed E-state index contributed by atoms with van der Waals surface area (Å²) < 4.78 is 5.68. The van der Waals surface area contributed by atoms with Gasteiger partial charge in [0.15, 0.2) is 6.10 Å². The molecular weight excluding hydrogens is 254 g/mol. The second kappa shape index (κ2) is 6.23. The molecule has 2 aromatic rings. The zero-order chi connectivity index (χ0) is 14.5. The number of carbonyl (C=O) groups excluding carboxylic acids is 1. The molecule has 20 heavy (non-hydrogen) atoms. The molecule has 0 radical (unpaired) electrons. The molecule has 1 heterocycles. The SMILES string of the molecule is Cc1cccc(OC(C)C(=O)N(C)Cc2ncc[nH]2)c1. The summed E-state index contributed by atoms with van der Waals surface area (Å²) in [4.78, 5) is 20.9. The van der Waals surface area contributed by atoms with Gasteiger partial charge in [0, 0.05) is 19.4 Å². The number of H-pyrrole nitrogens is 1. The van der Waals surface area contributed by atoms with Crippen molar-refractivity contribution in [3.8, 4) is 5.75 Å². The van der Waals surface area contributed by atoms with Crippen molar-refractivity contribution in [2.45, 2.75) is 26.5 Å². The van der Waals surface area contributed by atoms with Gasteiger partial charge in [0.05, 0.1) is 6.54 Å². The number of rotatable bonds is 5. The van der Waals surface area contributed by atoms with Gasteiger partial charge in [-0.05, 0) is 31.5 Å². The lowest BCUT2D eigenvalue weighted by Gasteiger charge is -2.21. The monoisotopic (exact) mass is 273 g/mol. The van der Waals surface area contributed by atoms with Gasteiger partial charge in [0.1, 0.15) is 11.6 Å². The van der Waals surface area contributed by atoms with Crippen LogP contribution in [-0.4, -0.2) is 33.9 Å². The number of ether oxygens (including phenoxy) is 1. The summed E-state index contributed by atoms with van der Waals surface area (Å²) in [6, 6.07) is 7.66. The number of aryl methyl sites for hydroxylation is 1. The molecule has 1 N–H and O–H groups in total. The van der Waals surface area contributed by atoms with Crippen LogP contribution in [-0.2, 0) is 11.3 Å². The standard InChI is InChI=1S/C15H19N3O2/c1-11-5-4-6-13(9-11)20-12(2)15(19)18(3)10-14-16-7-8-17-14/h4-9,12H,10H2,1-3H3,(H,16,17). The third-order valence-corrected chi connectivity index (χ3v) is 2.97. The third kappa shape index (κ3) is 3.60. The number of likely N-dealkylation sites (N-methyl/N-ethyl adjacent to an activating group) is 1. The number of aromatic nitrogens is 2. The van der Waals surface area contributed by atoms with Crippen LogP contribution < -0.4 is 4.74 Å². The molecule has 1 amide bonds. The van der Waals surface area contributed by atoms with Crippen molar-refractivity contribution in [2.24, 2.45) is 0 Å². The summed E-state index contributed by atoms with van der Waals surface area (Å²) in [5.74, 6) is 1.38. The van der Waals surface area contributed by atoms with Gasteiger partial charge >= 0.3 is 0 Å². The Labute approximate surface area is 118 Å². The van der Waals surface area contributed by atoms with Crippen molar-refractivity contribution >= 4 is 5.91 Å². The molecule has 0 spiro atoms. The Morgan fingerprint density at radius 2 is 2.30 bits per heavy atom. The summed E-state index contributed by atoms with van der Waals surface area (Å²) >= 11 is 0. The molecule has 0 saturated carbocycles. The normalized spacial score (nSPS) is 11.9. The minimum atomic E-state index is -0.531. The van der Waals surface area contributed by atoms with Crippen molar-refractivity contribution in [1.82, 2.24) is 14.9 Å². The number of imidazole rings is 1. The highest BCUT2D eigenvalue weighted by Gasteiger charge is 2.19. The number of hydrogen-bond acceptors (Lipinski definition) is 3. The molecule has 0 saturated heterocycles. The van der Waals surface area contributed by atoms with Crippen LogP contribution in [0.4, 0.5) is 0 Å². The maximum Gasteiger partial charge on any atom is 0.263 e. The highest BCUT2D eigenvalue weighted by molar-refractivity contribution is 5.80. The fraction of sp³-hybridized carbons (Fsp3) is 0.333. The predicted molar refractivity (Wildman–Crippen MR) is 76.3 cm³/mol. The summed E-state index contributed by atoms with van der Waals surface area (Å²) in [6.45, 7) is 4.18. The van der Waals surface area contributed by atoms with Crippen LogP contribution in [0.5, 0.6) is 5.75 Å². The maximum atomic E-state index is 12.2. The molecule has 5 heteroatoms. The summed E-state index contributed by atoms with van der Waals surface area (Å²) in [6.07, 6.45) is 2.87. The van der Waals surface area contributed by atoms with Crippen molar-refractivity contribution in [1.29, 1.82) is 0 Å². The molecule has 0 aliphatic heterocycles. The van der Waals surface area contributed by atoms with Gasteiger partial charge in [-0.2, -0.15) is 0 Å². The second-order valence-electron chi connectivity index (χ2n) is 4.81. The van der Waals surface area contributed by atoms with E-state index in [1.54, 1.807) is 31.3 Å². The van der Waals surface area contributed by atoms with Crippen molar-refractivity contribution in [2.75, 3.05) is 7.05 Å². The van der Waals surface area contributed by atoms with Gasteiger partial charge in [-0.25, -0.2) is 4.98 Å². The molecule has 0 aliphatic carbocycles. The fourth-order valence-electron chi connectivity index (χ4n) is 1.94. The van der Waals surface area contributed by atoms with E-state index in [4.69, 9.17) is 4.74 Å². The quantitative estimate of drug-likeness (QED) is 0.908. The Bertz CT molecular complexity index is 566. The van der Waals surface area contributed by atoms with E-state index in [2.05, 4.69) is 9.97 Å². The first-order valence-corrected chi connectivity index (χ1v) is 6.53. The van der Waals surface area contributed by atoms with Gasteiger partial charge in [0.2, 0.25) is 0 Å². The topological polar surface area (TPSA) is 58.2 Å². The van der Waals surface area contributed by atoms with Crippen LogP contribution in [0.25, 0.3) is 0 Å². The van der Waals surface area contributed by atoms with Gasteiger partial charge in [-0.3, -0.25) is 4.79 Å². The molecule has 0 fully saturated rings. The maximum absolute atomic E-state index is 12.2. The average molecular weight is 273 g/mol. The van der Waals surface area contributed by atoms with E-state index in [1.165, 1.54) is 0 Å². The predicted octanol–water partition coefficient (Wildman–Crippen LogP) is 2.14. The number of benzene rings is 1. The highest BCUT2D eigenvalue weighted by atomic mass is 16.5. The first kappa shape index (κ1) is 14.1. The van der Waals surface area contributed by atoms with Crippen LogP contribution in [0.3, 0.4) is 0 Å². The number of amides is 1. The Hall–Kier alpha value is -2.30. The summed E-state index contributed by atoms with van der Waals surface area (Å²) in [5.41, 5.74) is 1.10. The Morgan fingerprint density at radius 3 is 2.95 bits per heavy atom. The van der Waals surface area contributed by atoms with E-state index in [0.717, 1.165) is 11.4 Å². The zero-order valence-corrected chi connectivity index (χ0v) is 12.0. The third-order valence-electron chi connectivity index (χ3n) is 2.97. The molecule has 1 atom stereocenters. The van der Waals surface area contributed by atoms with E-state index in [1.807, 2.05) is 31.2 Å². The lowest BCUT2D eigenvalue weighted by Crippen LogP contribution is -2.37. The lowest BCUT2D eigenvalue weighted by molar-refractivity contribution is -0.137. The largest absolute Gasteiger partial charge is 0.481 e. The Balaban J connectivity index is 1.94. The van der Waals surface area contributed by atoms with Gasteiger partial charge < -0.3 is 14.6 Å². The minimum absolute atomic E-state index is 0.0806. The van der Waals surface area contributed by atoms with Crippen LogP contribution in [0, 0.1) is 6.92 Å². The highest BCUT2D eigenvalue weighted by Crippen LogP contribution is 2.15. The molecule has 1 unspecified atom stereocenters. The van der Waals surface area contributed by atoms with Crippen LogP contribution in [0.2, 0.25) is 0 Å². The molecule has 0 bridgehead atoms. The number of hydrogen-bond donors (Lipinski definition) is 1. The first-order chi connectivity index (χ1) is 9.56. The fourth-order valence-corrected chi connectivity index (χ4v) is 1.94. The first-order valence-electron chi connectivity index (χ1n) is 6.53. The number of carbonyl (C=O) groups is 1. The molecule has 2 rings (SSSR count). The van der Waals surface area contributed by atoms with Crippen molar-refractivity contribution in [3.63, 3.8) is 0 Å². The van der Waals surface area contributed by atoms with Gasteiger partial charge in [-0.15, -0.1) is 0 Å². The van der Waals surface area contributed by atoms with Crippen molar-refractivity contribution < 1.29 is 9.53 Å². The lowest BCUT2D eigenvalue weighted by atomic mass is 10.2. The van der Waals surface area contributed by atoms with Crippen LogP contribution in [0.15, 0.2) is 36.7 Å². The summed E-state index contributed by atoms with van der Waals surface area (Å²) in [5, 5.41) is 0. The van der Waals surface area contributed by atoms with Gasteiger partial charge in [-0.1, -0.05) is 12.1 Å². The van der Waals surface area contributed by atoms with Crippen LogP contribution in [0.1, 0.15) is 18.3 Å². The summed E-state index contributed by atoms with van der Waals surface area (Å²) in [7, 11) is 1.74. The average Bonchev–Trinajstić information content (AvgIpc) is 2.90. The molecule has 0 aliphatic rings. The molecular formula is C15H19N3O2. The van der Waals surface area contributed by atoms with E-state index in [9.17, 15) is 4.79 Å². The number of nitrogens with one attached hydrogen (secondary N) is 1. The zero-order valence-electron chi connectivity index (χ0n) is 12.0. The van der Waals surface area contributed by atoms with E-state index < -0.39 is 6.10 Å². The smallest absolute Gasteiger partial charge is 0.263 e. The van der Waals surface area contributed by atoms with Gasteiger partial charge in [0.25, 0.3) is 5.91 Å². The Kier molecular flexibility index (Phi) is 4.40. The van der Waals surface area contributed by atoms with E-state index in [0.29, 0.717) is 12.3 Å². The second-order valence-corrected chi connectivity index (χ2v) is 4.81. The van der Waals surface area contributed by atoms with E-state index in [-0.39, 0.29) is 5.91 Å². The van der Waals surface area contributed by atoms with Crippen molar-refractivity contribution in [3.05, 3.63) is 48.0 Å². The van der Waals surface area contributed by atoms with Crippen LogP contribution >= 0.6 is 0 Å². The molecule has 1 aromatic heterocycles. The minimum Gasteiger partial charge on any atom is -0.481 e. The molecule has 1 aromatic carbocycles. The molecule has 5 nitrogen and oxygen atoms in total. The number of aromatic amines is 1. The molecule has 106 valence electrons.